The molecule has 0 atom stereocenters. The normalized spacial score (nSPS) is 16.7. The van der Waals surface area contributed by atoms with E-state index in [1.165, 1.54) is 0 Å². The van der Waals surface area contributed by atoms with Crippen molar-refractivity contribution in [1.82, 2.24) is 9.80 Å². The van der Waals surface area contributed by atoms with Crippen LogP contribution in [0.25, 0.3) is 6.08 Å². The predicted octanol–water partition coefficient (Wildman–Crippen LogP) is 1.37. The Balaban J connectivity index is 1.91. The third-order valence-corrected chi connectivity index (χ3v) is 3.78. The highest BCUT2D eigenvalue weighted by Crippen LogP contribution is 2.12. The maximum absolute atomic E-state index is 12.2. The molecule has 0 saturated carbocycles. The number of primary amides is 1. The smallest absolute Gasteiger partial charge is 0.246 e. The summed E-state index contributed by atoms with van der Waals surface area (Å²) in [6.45, 7) is 2.99. The van der Waals surface area contributed by atoms with E-state index in [0.29, 0.717) is 24.7 Å². The summed E-state index contributed by atoms with van der Waals surface area (Å²) < 4.78 is 0. The fourth-order valence-electron chi connectivity index (χ4n) is 2.45. The van der Waals surface area contributed by atoms with Gasteiger partial charge in [0.05, 0.1) is 6.54 Å². The van der Waals surface area contributed by atoms with E-state index in [-0.39, 0.29) is 18.4 Å². The number of benzene rings is 1. The predicted molar refractivity (Wildman–Crippen MR) is 87.3 cm³/mol. The summed E-state index contributed by atoms with van der Waals surface area (Å²) in [5.41, 5.74) is 6.10. The van der Waals surface area contributed by atoms with Crippen LogP contribution in [0, 0.1) is 0 Å². The van der Waals surface area contributed by atoms with E-state index < -0.39 is 0 Å². The van der Waals surface area contributed by atoms with Gasteiger partial charge in [-0.15, -0.1) is 0 Å². The first-order chi connectivity index (χ1) is 10.5. The Morgan fingerprint density at radius 2 is 2.05 bits per heavy atom. The molecule has 0 aromatic heterocycles. The second kappa shape index (κ2) is 7.96. The third-order valence-electron chi connectivity index (χ3n) is 3.55. The van der Waals surface area contributed by atoms with Crippen LogP contribution in [0.15, 0.2) is 30.3 Å². The van der Waals surface area contributed by atoms with Gasteiger partial charge in [-0.25, -0.2) is 0 Å². The summed E-state index contributed by atoms with van der Waals surface area (Å²) in [6.07, 6.45) is 4.17. The van der Waals surface area contributed by atoms with E-state index >= 15 is 0 Å². The lowest BCUT2D eigenvalue weighted by Crippen LogP contribution is -2.37. The van der Waals surface area contributed by atoms with Crippen molar-refractivity contribution < 1.29 is 9.59 Å². The minimum atomic E-state index is -0.333. The molecule has 1 saturated heterocycles. The van der Waals surface area contributed by atoms with E-state index in [1.54, 1.807) is 23.1 Å². The Morgan fingerprint density at radius 1 is 1.23 bits per heavy atom. The van der Waals surface area contributed by atoms with Gasteiger partial charge in [0, 0.05) is 37.3 Å². The van der Waals surface area contributed by atoms with Crippen molar-refractivity contribution in [1.29, 1.82) is 0 Å². The Hall–Kier alpha value is -1.85. The second-order valence-corrected chi connectivity index (χ2v) is 5.75. The molecule has 2 amide bonds. The van der Waals surface area contributed by atoms with Gasteiger partial charge < -0.3 is 10.6 Å². The van der Waals surface area contributed by atoms with Crippen molar-refractivity contribution >= 4 is 29.5 Å². The van der Waals surface area contributed by atoms with Gasteiger partial charge in [0.15, 0.2) is 0 Å². The minimum absolute atomic E-state index is 0.0269. The highest BCUT2D eigenvalue weighted by atomic mass is 35.5. The van der Waals surface area contributed by atoms with Crippen LogP contribution in [-0.4, -0.2) is 54.3 Å². The molecule has 0 unspecified atom stereocenters. The van der Waals surface area contributed by atoms with Crippen molar-refractivity contribution in [3.05, 3.63) is 40.9 Å². The van der Waals surface area contributed by atoms with Gasteiger partial charge in [-0.05, 0) is 30.2 Å². The van der Waals surface area contributed by atoms with Gasteiger partial charge in [-0.3, -0.25) is 14.5 Å². The van der Waals surface area contributed by atoms with Crippen LogP contribution in [0.5, 0.6) is 0 Å². The lowest BCUT2D eigenvalue weighted by molar-refractivity contribution is -0.125. The van der Waals surface area contributed by atoms with Crippen LogP contribution in [0.4, 0.5) is 0 Å². The minimum Gasteiger partial charge on any atom is -0.369 e. The zero-order valence-corrected chi connectivity index (χ0v) is 13.1. The van der Waals surface area contributed by atoms with Gasteiger partial charge >= 0.3 is 0 Å². The number of carbonyl (C=O) groups excluding carboxylic acids is 2. The molecule has 0 radical (unpaired) electrons. The van der Waals surface area contributed by atoms with Gasteiger partial charge in [-0.2, -0.15) is 0 Å². The molecular formula is C16H20ClN3O2. The Kier molecular flexibility index (Phi) is 5.98. The SMILES string of the molecule is NC(=O)CN1CCCN(C(=O)C=Cc2cccc(Cl)c2)CC1. The molecule has 0 aliphatic carbocycles. The number of halogens is 1. The molecular weight excluding hydrogens is 302 g/mol. The quantitative estimate of drug-likeness (QED) is 0.852. The summed E-state index contributed by atoms with van der Waals surface area (Å²) in [5.74, 6) is -0.360. The van der Waals surface area contributed by atoms with E-state index in [0.717, 1.165) is 18.5 Å². The maximum atomic E-state index is 12.2. The third kappa shape index (κ3) is 5.16. The molecule has 118 valence electrons. The topological polar surface area (TPSA) is 66.6 Å². The van der Waals surface area contributed by atoms with Crippen LogP contribution in [0.1, 0.15) is 12.0 Å². The molecule has 1 aliphatic rings. The summed E-state index contributed by atoms with van der Waals surface area (Å²) in [6, 6.07) is 7.35. The molecule has 6 heteroatoms. The molecule has 2 N–H and O–H groups in total. The molecule has 1 heterocycles. The number of amides is 2. The largest absolute Gasteiger partial charge is 0.369 e. The Bertz CT molecular complexity index is 574. The fourth-order valence-corrected chi connectivity index (χ4v) is 2.65. The zero-order valence-electron chi connectivity index (χ0n) is 12.4. The van der Waals surface area contributed by atoms with Gasteiger partial charge in [0.2, 0.25) is 11.8 Å². The first-order valence-electron chi connectivity index (χ1n) is 7.28. The van der Waals surface area contributed by atoms with Crippen molar-refractivity contribution in [3.8, 4) is 0 Å². The van der Waals surface area contributed by atoms with Gasteiger partial charge in [0.25, 0.3) is 0 Å². The lowest BCUT2D eigenvalue weighted by atomic mass is 10.2. The van der Waals surface area contributed by atoms with Gasteiger partial charge in [-0.1, -0.05) is 23.7 Å². The van der Waals surface area contributed by atoms with E-state index in [2.05, 4.69) is 0 Å². The molecule has 2 rings (SSSR count). The highest BCUT2D eigenvalue weighted by molar-refractivity contribution is 6.30. The molecule has 1 fully saturated rings. The number of nitrogens with two attached hydrogens (primary N) is 1. The number of rotatable bonds is 4. The molecule has 22 heavy (non-hydrogen) atoms. The first kappa shape index (κ1) is 16.5. The Labute approximate surface area is 135 Å². The number of hydrogen-bond acceptors (Lipinski definition) is 3. The van der Waals surface area contributed by atoms with Gasteiger partial charge in [0.1, 0.15) is 0 Å². The average molecular weight is 322 g/mol. The van der Waals surface area contributed by atoms with Crippen molar-refractivity contribution in [3.63, 3.8) is 0 Å². The van der Waals surface area contributed by atoms with Crippen LogP contribution in [0.2, 0.25) is 5.02 Å². The molecule has 1 aromatic rings. The summed E-state index contributed by atoms with van der Waals surface area (Å²) >= 11 is 5.92. The second-order valence-electron chi connectivity index (χ2n) is 5.31. The van der Waals surface area contributed by atoms with Crippen LogP contribution in [0.3, 0.4) is 0 Å². The Morgan fingerprint density at radius 3 is 2.77 bits per heavy atom. The molecule has 1 aromatic carbocycles. The average Bonchev–Trinajstić information content (AvgIpc) is 2.70. The van der Waals surface area contributed by atoms with Crippen molar-refractivity contribution in [2.24, 2.45) is 5.73 Å². The standard InChI is InChI=1S/C16H20ClN3O2/c17-14-4-1-3-13(11-14)5-6-16(22)20-8-2-7-19(9-10-20)12-15(18)21/h1,3-6,11H,2,7-10,12H2,(H2,18,21). The zero-order chi connectivity index (χ0) is 15.9. The maximum Gasteiger partial charge on any atom is 0.246 e. The fraction of sp³-hybridized carbons (Fsp3) is 0.375. The summed E-state index contributed by atoms with van der Waals surface area (Å²) in [7, 11) is 0. The van der Waals surface area contributed by atoms with Crippen LogP contribution < -0.4 is 5.73 Å². The van der Waals surface area contributed by atoms with E-state index in [9.17, 15) is 9.59 Å². The summed E-state index contributed by atoms with van der Waals surface area (Å²) in [4.78, 5) is 27.0. The highest BCUT2D eigenvalue weighted by Gasteiger charge is 2.18. The first-order valence-corrected chi connectivity index (χ1v) is 7.65. The van der Waals surface area contributed by atoms with Crippen LogP contribution in [-0.2, 0) is 9.59 Å². The van der Waals surface area contributed by atoms with E-state index in [4.69, 9.17) is 17.3 Å². The summed E-state index contributed by atoms with van der Waals surface area (Å²) in [5, 5.41) is 0.645. The van der Waals surface area contributed by atoms with Crippen molar-refractivity contribution in [2.75, 3.05) is 32.7 Å². The monoisotopic (exact) mass is 321 g/mol. The van der Waals surface area contributed by atoms with E-state index in [1.807, 2.05) is 23.1 Å². The molecule has 1 aliphatic heterocycles. The van der Waals surface area contributed by atoms with Crippen molar-refractivity contribution in [2.45, 2.75) is 6.42 Å². The number of carbonyl (C=O) groups is 2. The van der Waals surface area contributed by atoms with Crippen LogP contribution >= 0.6 is 11.6 Å². The molecule has 5 nitrogen and oxygen atoms in total. The number of nitrogens with zero attached hydrogens (tertiary/aromatic N) is 2. The molecule has 0 spiro atoms. The lowest BCUT2D eigenvalue weighted by Gasteiger charge is -2.19. The molecule has 0 bridgehead atoms. The number of hydrogen-bond donors (Lipinski definition) is 1.